The summed E-state index contributed by atoms with van der Waals surface area (Å²) < 4.78 is 0. The number of phenols is 1. The van der Waals surface area contributed by atoms with Crippen LogP contribution in [0, 0.1) is 5.92 Å². The molecule has 0 spiro atoms. The quantitative estimate of drug-likeness (QED) is 0.793. The molecular weight excluding hydrogens is 242 g/mol. The highest BCUT2D eigenvalue weighted by Gasteiger charge is 2.21. The Morgan fingerprint density at radius 3 is 2.74 bits per heavy atom. The van der Waals surface area contributed by atoms with Gasteiger partial charge >= 0.3 is 0 Å². The molecule has 1 aliphatic heterocycles. The highest BCUT2D eigenvalue weighted by atomic mass is 16.3. The van der Waals surface area contributed by atoms with E-state index >= 15 is 0 Å². The standard InChI is InChI=1S/C15H21NO3/c17-9-7-12-2-1-8-16(10-12)11-15(19)13-3-5-14(18)6-4-13/h3-6,12,17-18H,1-2,7-11H2. The van der Waals surface area contributed by atoms with E-state index in [2.05, 4.69) is 4.90 Å². The first-order chi connectivity index (χ1) is 9.19. The largest absolute Gasteiger partial charge is 0.508 e. The summed E-state index contributed by atoms with van der Waals surface area (Å²) in [4.78, 5) is 14.3. The normalized spacial score (nSPS) is 20.4. The van der Waals surface area contributed by atoms with Crippen molar-refractivity contribution in [2.45, 2.75) is 19.3 Å². The van der Waals surface area contributed by atoms with Gasteiger partial charge in [0.15, 0.2) is 5.78 Å². The third kappa shape index (κ3) is 4.04. The van der Waals surface area contributed by atoms with Crippen LogP contribution in [0.2, 0.25) is 0 Å². The third-order valence-corrected chi connectivity index (χ3v) is 3.70. The number of phenolic OH excluding ortho intramolecular Hbond substituents is 1. The first kappa shape index (κ1) is 14.0. The fourth-order valence-electron chi connectivity index (χ4n) is 2.65. The van der Waals surface area contributed by atoms with E-state index in [1.54, 1.807) is 12.1 Å². The lowest BCUT2D eigenvalue weighted by Gasteiger charge is -2.31. The summed E-state index contributed by atoms with van der Waals surface area (Å²) in [7, 11) is 0. The Morgan fingerprint density at radius 1 is 1.32 bits per heavy atom. The number of aliphatic hydroxyl groups excluding tert-OH is 1. The van der Waals surface area contributed by atoms with Crippen LogP contribution in [0.3, 0.4) is 0 Å². The van der Waals surface area contributed by atoms with Crippen LogP contribution in [-0.2, 0) is 0 Å². The summed E-state index contributed by atoms with van der Waals surface area (Å²) in [6, 6.07) is 6.40. The second-order valence-corrected chi connectivity index (χ2v) is 5.23. The Morgan fingerprint density at radius 2 is 2.05 bits per heavy atom. The van der Waals surface area contributed by atoms with Crippen LogP contribution in [0.15, 0.2) is 24.3 Å². The van der Waals surface area contributed by atoms with E-state index in [1.807, 2.05) is 0 Å². The van der Waals surface area contributed by atoms with Gasteiger partial charge in [0.2, 0.25) is 0 Å². The Bertz CT molecular complexity index is 414. The van der Waals surface area contributed by atoms with Crippen molar-refractivity contribution in [3.8, 4) is 5.75 Å². The molecule has 4 nitrogen and oxygen atoms in total. The number of Topliss-reactive ketones (excluding diaryl/α,β-unsaturated/α-hetero) is 1. The maximum atomic E-state index is 12.1. The molecule has 0 bridgehead atoms. The molecule has 2 rings (SSSR count). The van der Waals surface area contributed by atoms with E-state index in [0.717, 1.165) is 32.4 Å². The van der Waals surface area contributed by atoms with Gasteiger partial charge in [0, 0.05) is 18.7 Å². The molecule has 1 fully saturated rings. The van der Waals surface area contributed by atoms with Crippen molar-refractivity contribution < 1.29 is 15.0 Å². The molecule has 104 valence electrons. The molecule has 1 heterocycles. The van der Waals surface area contributed by atoms with Gasteiger partial charge in [-0.25, -0.2) is 0 Å². The SMILES string of the molecule is O=C(CN1CCCC(CCO)C1)c1ccc(O)cc1. The molecule has 1 aromatic rings. The predicted molar refractivity (Wildman–Crippen MR) is 73.3 cm³/mol. The summed E-state index contributed by atoms with van der Waals surface area (Å²) >= 11 is 0. The average Bonchev–Trinajstić information content (AvgIpc) is 2.40. The van der Waals surface area contributed by atoms with Gasteiger partial charge in [-0.2, -0.15) is 0 Å². The zero-order chi connectivity index (χ0) is 13.7. The van der Waals surface area contributed by atoms with E-state index in [0.29, 0.717) is 18.0 Å². The number of hydrogen-bond donors (Lipinski definition) is 2. The summed E-state index contributed by atoms with van der Waals surface area (Å²) in [5.74, 6) is 0.772. The molecule has 19 heavy (non-hydrogen) atoms. The van der Waals surface area contributed by atoms with Gasteiger partial charge in [-0.3, -0.25) is 9.69 Å². The molecule has 0 radical (unpaired) electrons. The molecule has 4 heteroatoms. The van der Waals surface area contributed by atoms with Crippen molar-refractivity contribution in [1.29, 1.82) is 0 Å². The van der Waals surface area contributed by atoms with E-state index < -0.39 is 0 Å². The van der Waals surface area contributed by atoms with Gasteiger partial charge in [-0.15, -0.1) is 0 Å². The molecule has 1 aliphatic rings. The third-order valence-electron chi connectivity index (χ3n) is 3.70. The second-order valence-electron chi connectivity index (χ2n) is 5.23. The Labute approximate surface area is 113 Å². The van der Waals surface area contributed by atoms with E-state index in [-0.39, 0.29) is 18.1 Å². The Kier molecular flexibility index (Phi) is 4.93. The number of piperidine rings is 1. The van der Waals surface area contributed by atoms with Crippen LogP contribution in [-0.4, -0.2) is 47.1 Å². The minimum atomic E-state index is 0.0876. The van der Waals surface area contributed by atoms with E-state index in [1.165, 1.54) is 12.1 Å². The first-order valence-electron chi connectivity index (χ1n) is 6.84. The highest BCUT2D eigenvalue weighted by molar-refractivity contribution is 5.97. The number of carbonyl (C=O) groups is 1. The molecule has 1 saturated heterocycles. The van der Waals surface area contributed by atoms with Crippen molar-refractivity contribution in [1.82, 2.24) is 4.90 Å². The summed E-state index contributed by atoms with van der Waals surface area (Å²) in [5.41, 5.74) is 0.641. The van der Waals surface area contributed by atoms with Crippen LogP contribution in [0.1, 0.15) is 29.6 Å². The number of aromatic hydroxyl groups is 1. The number of likely N-dealkylation sites (tertiary alicyclic amines) is 1. The number of nitrogens with zero attached hydrogens (tertiary/aromatic N) is 1. The summed E-state index contributed by atoms with van der Waals surface area (Å²) in [6.07, 6.45) is 3.06. The van der Waals surface area contributed by atoms with Gasteiger partial charge in [-0.1, -0.05) is 0 Å². The van der Waals surface area contributed by atoms with E-state index in [4.69, 9.17) is 5.11 Å². The zero-order valence-corrected chi connectivity index (χ0v) is 11.1. The number of hydrogen-bond acceptors (Lipinski definition) is 4. The topological polar surface area (TPSA) is 60.8 Å². The Balaban J connectivity index is 1.89. The maximum absolute atomic E-state index is 12.1. The number of rotatable bonds is 5. The molecule has 0 aromatic heterocycles. The lowest BCUT2D eigenvalue weighted by molar-refractivity contribution is 0.0871. The highest BCUT2D eigenvalue weighted by Crippen LogP contribution is 2.19. The van der Waals surface area contributed by atoms with Gasteiger partial charge in [-0.05, 0) is 56.0 Å². The van der Waals surface area contributed by atoms with Crippen LogP contribution in [0.25, 0.3) is 0 Å². The predicted octanol–water partition coefficient (Wildman–Crippen LogP) is 1.67. The smallest absolute Gasteiger partial charge is 0.176 e. The molecule has 0 amide bonds. The second kappa shape index (κ2) is 6.68. The van der Waals surface area contributed by atoms with Crippen molar-refractivity contribution in [3.63, 3.8) is 0 Å². The van der Waals surface area contributed by atoms with Crippen LogP contribution in [0.4, 0.5) is 0 Å². The summed E-state index contributed by atoms with van der Waals surface area (Å²) in [5, 5.41) is 18.2. The van der Waals surface area contributed by atoms with Gasteiger partial charge in [0.05, 0.1) is 6.54 Å². The lowest BCUT2D eigenvalue weighted by atomic mass is 9.95. The fourth-order valence-corrected chi connectivity index (χ4v) is 2.65. The van der Waals surface area contributed by atoms with Gasteiger partial charge in [0.25, 0.3) is 0 Å². The first-order valence-corrected chi connectivity index (χ1v) is 6.84. The van der Waals surface area contributed by atoms with Crippen molar-refractivity contribution in [3.05, 3.63) is 29.8 Å². The molecule has 1 aromatic carbocycles. The molecule has 2 N–H and O–H groups in total. The Hall–Kier alpha value is -1.39. The minimum Gasteiger partial charge on any atom is -0.508 e. The zero-order valence-electron chi connectivity index (χ0n) is 11.1. The molecular formula is C15H21NO3. The number of aliphatic hydroxyl groups is 1. The lowest BCUT2D eigenvalue weighted by Crippen LogP contribution is -2.39. The van der Waals surface area contributed by atoms with Crippen molar-refractivity contribution in [2.24, 2.45) is 5.92 Å². The minimum absolute atomic E-state index is 0.0876. The summed E-state index contributed by atoms with van der Waals surface area (Å²) in [6.45, 7) is 2.49. The molecule has 1 unspecified atom stereocenters. The van der Waals surface area contributed by atoms with Crippen molar-refractivity contribution in [2.75, 3.05) is 26.2 Å². The fraction of sp³-hybridized carbons (Fsp3) is 0.533. The number of carbonyl (C=O) groups excluding carboxylic acids is 1. The molecule has 0 saturated carbocycles. The average molecular weight is 263 g/mol. The number of ketones is 1. The van der Waals surface area contributed by atoms with Crippen LogP contribution in [0.5, 0.6) is 5.75 Å². The van der Waals surface area contributed by atoms with Crippen molar-refractivity contribution >= 4 is 5.78 Å². The van der Waals surface area contributed by atoms with Crippen LogP contribution >= 0.6 is 0 Å². The van der Waals surface area contributed by atoms with Gasteiger partial charge < -0.3 is 10.2 Å². The monoisotopic (exact) mass is 263 g/mol. The number of benzene rings is 1. The van der Waals surface area contributed by atoms with Gasteiger partial charge in [0.1, 0.15) is 5.75 Å². The molecule has 1 atom stereocenters. The van der Waals surface area contributed by atoms with E-state index in [9.17, 15) is 9.90 Å². The molecule has 0 aliphatic carbocycles. The van der Waals surface area contributed by atoms with Crippen LogP contribution < -0.4 is 0 Å². The maximum Gasteiger partial charge on any atom is 0.176 e.